The molecular weight excluding hydrogens is 200 g/mol. The lowest BCUT2D eigenvalue weighted by atomic mass is 10.2. The Morgan fingerprint density at radius 3 is 2.71 bits per heavy atom. The van der Waals surface area contributed by atoms with E-state index in [2.05, 4.69) is 0 Å². The third-order valence-electron chi connectivity index (χ3n) is 1.75. The highest BCUT2D eigenvalue weighted by Crippen LogP contribution is 2.25. The normalized spacial score (nSPS) is 10.8. The van der Waals surface area contributed by atoms with Gasteiger partial charge < -0.3 is 9.47 Å². The molecule has 1 aromatic rings. The van der Waals surface area contributed by atoms with E-state index in [1.165, 1.54) is 0 Å². The fourth-order valence-electron chi connectivity index (χ4n) is 1.07. The van der Waals surface area contributed by atoms with Crippen LogP contribution in [0.3, 0.4) is 0 Å². The molecule has 76 valence electrons. The van der Waals surface area contributed by atoms with E-state index >= 15 is 0 Å². The first-order valence-corrected chi connectivity index (χ1v) is 4.64. The molecule has 0 saturated carbocycles. The first-order valence-electron chi connectivity index (χ1n) is 4.27. The largest absolute Gasteiger partial charge is 0.495 e. The monoisotopic (exact) mass is 212 g/mol. The smallest absolute Gasteiger partial charge is 0.137 e. The van der Waals surface area contributed by atoms with Crippen LogP contribution < -0.4 is 4.74 Å². The van der Waals surface area contributed by atoms with E-state index in [1.54, 1.807) is 14.2 Å². The molecule has 0 aromatic heterocycles. The van der Waals surface area contributed by atoms with Crippen LogP contribution in [0, 0.1) is 0 Å². The number of methoxy groups -OCH3 is 2. The van der Waals surface area contributed by atoms with Crippen molar-refractivity contribution in [3.8, 4) is 5.75 Å². The Kier molecular flexibility index (Phi) is 4.50. The van der Waals surface area contributed by atoms with Gasteiger partial charge in [0.2, 0.25) is 0 Å². The molecule has 0 heterocycles. The third kappa shape index (κ3) is 3.05. The number of hydrogen-bond acceptors (Lipinski definition) is 2. The van der Waals surface area contributed by atoms with Gasteiger partial charge in [-0.05, 0) is 17.7 Å². The molecule has 0 fully saturated rings. The van der Waals surface area contributed by atoms with E-state index in [9.17, 15) is 0 Å². The average Bonchev–Trinajstić information content (AvgIpc) is 2.18. The molecule has 0 unspecified atom stereocenters. The summed E-state index contributed by atoms with van der Waals surface area (Å²) >= 11 is 5.95. The van der Waals surface area contributed by atoms with Crippen LogP contribution in [0.25, 0.3) is 6.08 Å². The summed E-state index contributed by atoms with van der Waals surface area (Å²) in [6.07, 6.45) is 3.88. The van der Waals surface area contributed by atoms with E-state index in [0.29, 0.717) is 17.4 Å². The van der Waals surface area contributed by atoms with Crippen LogP contribution in [-0.2, 0) is 4.74 Å². The Morgan fingerprint density at radius 2 is 2.14 bits per heavy atom. The minimum absolute atomic E-state index is 0.601. The molecule has 0 N–H and O–H groups in total. The quantitative estimate of drug-likeness (QED) is 0.764. The van der Waals surface area contributed by atoms with Crippen molar-refractivity contribution in [2.24, 2.45) is 0 Å². The standard InChI is InChI=1S/C11H13ClO2/c1-13-7-3-4-9-5-6-11(14-2)10(12)8-9/h3-6,8H,7H2,1-2H3/b4-3+. The van der Waals surface area contributed by atoms with Gasteiger partial charge in [-0.15, -0.1) is 0 Å². The molecular formula is C11H13ClO2. The van der Waals surface area contributed by atoms with Crippen LogP contribution in [-0.4, -0.2) is 20.8 Å². The molecule has 1 aromatic carbocycles. The van der Waals surface area contributed by atoms with Gasteiger partial charge in [0.15, 0.2) is 0 Å². The van der Waals surface area contributed by atoms with Gasteiger partial charge in [-0.3, -0.25) is 0 Å². The maximum atomic E-state index is 5.95. The van der Waals surface area contributed by atoms with Gasteiger partial charge >= 0.3 is 0 Å². The minimum atomic E-state index is 0.601. The Hall–Kier alpha value is -0.990. The maximum absolute atomic E-state index is 5.95. The molecule has 0 aliphatic carbocycles. The lowest BCUT2D eigenvalue weighted by Gasteiger charge is -2.02. The highest BCUT2D eigenvalue weighted by molar-refractivity contribution is 6.32. The van der Waals surface area contributed by atoms with Crippen molar-refractivity contribution in [2.45, 2.75) is 0 Å². The van der Waals surface area contributed by atoms with E-state index in [-0.39, 0.29) is 0 Å². The Bertz CT molecular complexity index is 321. The topological polar surface area (TPSA) is 18.5 Å². The van der Waals surface area contributed by atoms with Crippen LogP contribution in [0.1, 0.15) is 5.56 Å². The van der Waals surface area contributed by atoms with Crippen molar-refractivity contribution in [1.29, 1.82) is 0 Å². The fraction of sp³-hybridized carbons (Fsp3) is 0.273. The summed E-state index contributed by atoms with van der Waals surface area (Å²) in [4.78, 5) is 0. The van der Waals surface area contributed by atoms with Crippen molar-refractivity contribution in [3.05, 3.63) is 34.9 Å². The summed E-state index contributed by atoms with van der Waals surface area (Å²) in [5.74, 6) is 0.690. The molecule has 0 radical (unpaired) electrons. The summed E-state index contributed by atoms with van der Waals surface area (Å²) in [6, 6.07) is 5.64. The second kappa shape index (κ2) is 5.68. The van der Waals surface area contributed by atoms with Gasteiger partial charge in [-0.2, -0.15) is 0 Å². The molecule has 0 saturated heterocycles. The van der Waals surface area contributed by atoms with Gasteiger partial charge in [-0.25, -0.2) is 0 Å². The van der Waals surface area contributed by atoms with E-state index in [4.69, 9.17) is 21.1 Å². The zero-order valence-electron chi connectivity index (χ0n) is 8.29. The summed E-state index contributed by atoms with van der Waals surface area (Å²) in [7, 11) is 3.26. The van der Waals surface area contributed by atoms with Gasteiger partial charge in [0.25, 0.3) is 0 Å². The predicted molar refractivity (Wildman–Crippen MR) is 58.9 cm³/mol. The SMILES string of the molecule is COC/C=C/c1ccc(OC)c(Cl)c1. The number of benzene rings is 1. The van der Waals surface area contributed by atoms with Gasteiger partial charge in [0, 0.05) is 7.11 Å². The first-order chi connectivity index (χ1) is 6.77. The molecule has 14 heavy (non-hydrogen) atoms. The van der Waals surface area contributed by atoms with Crippen molar-refractivity contribution in [1.82, 2.24) is 0 Å². The van der Waals surface area contributed by atoms with Gasteiger partial charge in [0.05, 0.1) is 18.7 Å². The van der Waals surface area contributed by atoms with Crippen LogP contribution in [0.2, 0.25) is 5.02 Å². The van der Waals surface area contributed by atoms with Gasteiger partial charge in [0.1, 0.15) is 5.75 Å². The fourth-order valence-corrected chi connectivity index (χ4v) is 1.33. The third-order valence-corrected chi connectivity index (χ3v) is 2.04. The second-order valence-electron chi connectivity index (χ2n) is 2.75. The number of rotatable bonds is 4. The Morgan fingerprint density at radius 1 is 1.36 bits per heavy atom. The summed E-state index contributed by atoms with van der Waals surface area (Å²) in [5, 5.41) is 0.618. The van der Waals surface area contributed by atoms with Crippen LogP contribution in [0.15, 0.2) is 24.3 Å². The number of ether oxygens (including phenoxy) is 2. The lowest BCUT2D eigenvalue weighted by molar-refractivity contribution is 0.234. The highest BCUT2D eigenvalue weighted by atomic mass is 35.5. The van der Waals surface area contributed by atoms with Gasteiger partial charge in [-0.1, -0.05) is 29.8 Å². The van der Waals surface area contributed by atoms with Crippen molar-refractivity contribution in [2.75, 3.05) is 20.8 Å². The van der Waals surface area contributed by atoms with Crippen LogP contribution in [0.4, 0.5) is 0 Å². The molecule has 0 aliphatic rings. The molecule has 0 amide bonds. The van der Waals surface area contributed by atoms with E-state index in [1.807, 2.05) is 30.4 Å². The first kappa shape index (κ1) is 11.1. The van der Waals surface area contributed by atoms with Crippen LogP contribution >= 0.6 is 11.6 Å². The zero-order chi connectivity index (χ0) is 10.4. The Labute approximate surface area is 89.1 Å². The van der Waals surface area contributed by atoms with E-state index < -0.39 is 0 Å². The second-order valence-corrected chi connectivity index (χ2v) is 3.16. The molecule has 2 nitrogen and oxygen atoms in total. The highest BCUT2D eigenvalue weighted by Gasteiger charge is 1.98. The van der Waals surface area contributed by atoms with E-state index in [0.717, 1.165) is 5.56 Å². The van der Waals surface area contributed by atoms with Crippen LogP contribution in [0.5, 0.6) is 5.75 Å². The zero-order valence-corrected chi connectivity index (χ0v) is 9.04. The number of hydrogen-bond donors (Lipinski definition) is 0. The molecule has 0 atom stereocenters. The summed E-state index contributed by atoms with van der Waals surface area (Å²) in [5.41, 5.74) is 1.04. The number of halogens is 1. The Balaban J connectivity index is 2.76. The van der Waals surface area contributed by atoms with Crippen molar-refractivity contribution < 1.29 is 9.47 Å². The van der Waals surface area contributed by atoms with Crippen molar-refractivity contribution >= 4 is 17.7 Å². The van der Waals surface area contributed by atoms with Crippen molar-refractivity contribution in [3.63, 3.8) is 0 Å². The molecule has 0 bridgehead atoms. The predicted octanol–water partition coefficient (Wildman–Crippen LogP) is 3.01. The average molecular weight is 213 g/mol. The molecule has 1 rings (SSSR count). The summed E-state index contributed by atoms with van der Waals surface area (Å²) in [6.45, 7) is 0.601. The molecule has 3 heteroatoms. The lowest BCUT2D eigenvalue weighted by Crippen LogP contribution is -1.84. The molecule has 0 spiro atoms. The molecule has 0 aliphatic heterocycles. The maximum Gasteiger partial charge on any atom is 0.137 e. The summed E-state index contributed by atoms with van der Waals surface area (Å²) < 4.78 is 9.94. The minimum Gasteiger partial charge on any atom is -0.495 e.